The van der Waals surface area contributed by atoms with E-state index in [9.17, 15) is 8.42 Å². The topological polar surface area (TPSA) is 58.6 Å². The van der Waals surface area contributed by atoms with E-state index in [1.807, 2.05) is 0 Å². The van der Waals surface area contributed by atoms with Gasteiger partial charge >= 0.3 is 0 Å². The summed E-state index contributed by atoms with van der Waals surface area (Å²) in [6, 6.07) is 0.800. The van der Waals surface area contributed by atoms with E-state index in [4.69, 9.17) is 4.74 Å². The second kappa shape index (κ2) is 5.18. The van der Waals surface area contributed by atoms with E-state index >= 15 is 0 Å². The number of sulfonamides is 1. The zero-order valence-corrected chi connectivity index (χ0v) is 13.4. The van der Waals surface area contributed by atoms with Crippen molar-refractivity contribution in [3.63, 3.8) is 0 Å². The van der Waals surface area contributed by atoms with Crippen LogP contribution in [0.5, 0.6) is 0 Å². The predicted octanol–water partition coefficient (Wildman–Crippen LogP) is 1.10. The molecule has 4 rings (SSSR count). The third-order valence-electron chi connectivity index (χ3n) is 5.89. The predicted molar refractivity (Wildman–Crippen MR) is 80.6 cm³/mol. The van der Waals surface area contributed by atoms with Crippen LogP contribution in [0, 0.1) is 5.92 Å². The van der Waals surface area contributed by atoms with Crippen molar-refractivity contribution < 1.29 is 13.2 Å². The minimum Gasteiger partial charge on any atom is -0.372 e. The summed E-state index contributed by atoms with van der Waals surface area (Å²) in [6.07, 6.45) is 7.75. The van der Waals surface area contributed by atoms with Crippen LogP contribution in [0.1, 0.15) is 44.9 Å². The number of nitrogens with zero attached hydrogens (tertiary/aromatic N) is 1. The smallest absolute Gasteiger partial charge is 0.214 e. The van der Waals surface area contributed by atoms with Gasteiger partial charge in [-0.15, -0.1) is 0 Å². The van der Waals surface area contributed by atoms with Crippen LogP contribution in [0.2, 0.25) is 0 Å². The Labute approximate surface area is 127 Å². The molecule has 0 aromatic carbocycles. The molecule has 0 bridgehead atoms. The molecule has 0 amide bonds. The van der Waals surface area contributed by atoms with Crippen molar-refractivity contribution in [2.24, 2.45) is 5.92 Å². The van der Waals surface area contributed by atoms with Gasteiger partial charge in [0.1, 0.15) is 0 Å². The highest BCUT2D eigenvalue weighted by Crippen LogP contribution is 2.44. The third-order valence-corrected chi connectivity index (χ3v) is 7.85. The summed E-state index contributed by atoms with van der Waals surface area (Å²) in [5.74, 6) is 0.524. The maximum absolute atomic E-state index is 11.8. The first-order valence-electron chi connectivity index (χ1n) is 8.46. The molecule has 2 heterocycles. The van der Waals surface area contributed by atoms with Gasteiger partial charge in [0.25, 0.3) is 0 Å². The Hall–Kier alpha value is -0.170. The number of hydrogen-bond donors (Lipinski definition) is 1. The van der Waals surface area contributed by atoms with Gasteiger partial charge in [-0.05, 0) is 44.4 Å². The Morgan fingerprint density at radius 3 is 2.52 bits per heavy atom. The van der Waals surface area contributed by atoms with Gasteiger partial charge in [-0.1, -0.05) is 6.42 Å². The molecule has 0 radical (unpaired) electrons. The zero-order valence-electron chi connectivity index (χ0n) is 12.6. The van der Waals surface area contributed by atoms with E-state index in [0.717, 1.165) is 51.4 Å². The summed E-state index contributed by atoms with van der Waals surface area (Å²) in [7, 11) is -3.03. The van der Waals surface area contributed by atoms with E-state index in [-0.39, 0.29) is 10.9 Å². The molecule has 0 aromatic heterocycles. The monoisotopic (exact) mass is 314 g/mol. The average Bonchev–Trinajstić information content (AvgIpc) is 3.10. The van der Waals surface area contributed by atoms with Gasteiger partial charge in [-0.2, -0.15) is 0 Å². The minimum atomic E-state index is -3.03. The van der Waals surface area contributed by atoms with Gasteiger partial charge in [0, 0.05) is 32.3 Å². The molecule has 4 aliphatic rings. The Kier molecular flexibility index (Phi) is 3.56. The molecule has 2 saturated carbocycles. The van der Waals surface area contributed by atoms with Crippen molar-refractivity contribution in [1.82, 2.24) is 9.62 Å². The Morgan fingerprint density at radius 2 is 1.90 bits per heavy atom. The summed E-state index contributed by atoms with van der Waals surface area (Å²) >= 11 is 0. The number of ether oxygens (including phenoxy) is 1. The highest BCUT2D eigenvalue weighted by molar-refractivity contribution is 7.90. The van der Waals surface area contributed by atoms with Crippen LogP contribution < -0.4 is 4.72 Å². The quantitative estimate of drug-likeness (QED) is 0.798. The van der Waals surface area contributed by atoms with Crippen LogP contribution in [0.15, 0.2) is 0 Å². The first kappa shape index (κ1) is 14.4. The molecule has 1 spiro atoms. The molecule has 1 atom stereocenters. The van der Waals surface area contributed by atoms with E-state index < -0.39 is 10.0 Å². The fraction of sp³-hybridized carbons (Fsp3) is 1.00. The summed E-state index contributed by atoms with van der Waals surface area (Å²) < 4.78 is 32.6. The number of likely N-dealkylation sites (tertiary alicyclic amines) is 1. The number of hydrogen-bond acceptors (Lipinski definition) is 4. The van der Waals surface area contributed by atoms with Crippen molar-refractivity contribution in [3.8, 4) is 0 Å². The molecular weight excluding hydrogens is 288 g/mol. The summed E-state index contributed by atoms with van der Waals surface area (Å²) in [5.41, 5.74) is 0.0423. The normalized spacial score (nSPS) is 33.0. The maximum Gasteiger partial charge on any atom is 0.214 e. The van der Waals surface area contributed by atoms with Crippen molar-refractivity contribution in [1.29, 1.82) is 0 Å². The molecule has 0 aromatic rings. The Morgan fingerprint density at radius 1 is 1.14 bits per heavy atom. The molecule has 21 heavy (non-hydrogen) atoms. The van der Waals surface area contributed by atoms with Crippen LogP contribution in [0.25, 0.3) is 0 Å². The lowest BCUT2D eigenvalue weighted by atomic mass is 9.76. The van der Waals surface area contributed by atoms with Gasteiger partial charge < -0.3 is 4.74 Å². The van der Waals surface area contributed by atoms with E-state index in [0.29, 0.717) is 12.5 Å². The molecule has 6 heteroatoms. The van der Waals surface area contributed by atoms with Gasteiger partial charge in [-0.3, -0.25) is 4.90 Å². The fourth-order valence-corrected chi connectivity index (χ4v) is 5.46. The van der Waals surface area contributed by atoms with Gasteiger partial charge in [-0.25, -0.2) is 13.1 Å². The van der Waals surface area contributed by atoms with Crippen LogP contribution in [0.3, 0.4) is 0 Å². The molecule has 2 aliphatic carbocycles. The summed E-state index contributed by atoms with van der Waals surface area (Å²) in [5, 5.41) is -0.107. The van der Waals surface area contributed by atoms with Crippen molar-refractivity contribution in [3.05, 3.63) is 0 Å². The highest BCUT2D eigenvalue weighted by atomic mass is 32.2. The Bertz CT molecular complexity index is 493. The molecule has 120 valence electrons. The maximum atomic E-state index is 11.8. The molecular formula is C15H26N2O3S. The van der Waals surface area contributed by atoms with Crippen LogP contribution in [0.4, 0.5) is 0 Å². The minimum absolute atomic E-state index is 0.0423. The largest absolute Gasteiger partial charge is 0.372 e. The summed E-state index contributed by atoms with van der Waals surface area (Å²) in [4.78, 5) is 2.57. The lowest BCUT2D eigenvalue weighted by Gasteiger charge is -2.55. The second-order valence-corrected chi connectivity index (χ2v) is 9.36. The van der Waals surface area contributed by atoms with Crippen LogP contribution in [-0.4, -0.2) is 56.5 Å². The standard InChI is InChI=1S/C15H26N2O3S/c18-21(19,14-4-5-14)16-8-6-12-7-9-20-15(12)10-17(11-15)13-2-1-3-13/h12-14,16H,1-11H2. The Balaban J connectivity index is 1.27. The van der Waals surface area contributed by atoms with Gasteiger partial charge in [0.15, 0.2) is 0 Å². The first-order valence-corrected chi connectivity index (χ1v) is 10.0. The molecule has 5 nitrogen and oxygen atoms in total. The van der Waals surface area contributed by atoms with E-state index in [1.165, 1.54) is 19.3 Å². The lowest BCUT2D eigenvalue weighted by Crippen LogP contribution is -2.68. The highest BCUT2D eigenvalue weighted by Gasteiger charge is 2.54. The molecule has 2 saturated heterocycles. The van der Waals surface area contributed by atoms with Crippen molar-refractivity contribution in [2.75, 3.05) is 26.2 Å². The van der Waals surface area contributed by atoms with E-state index in [2.05, 4.69) is 9.62 Å². The van der Waals surface area contributed by atoms with Crippen molar-refractivity contribution in [2.45, 2.75) is 61.8 Å². The van der Waals surface area contributed by atoms with Crippen molar-refractivity contribution >= 4 is 10.0 Å². The number of rotatable bonds is 6. The second-order valence-electron chi connectivity index (χ2n) is 7.32. The van der Waals surface area contributed by atoms with Crippen LogP contribution in [-0.2, 0) is 14.8 Å². The van der Waals surface area contributed by atoms with Crippen LogP contribution >= 0.6 is 0 Å². The first-order chi connectivity index (χ1) is 10.1. The van der Waals surface area contributed by atoms with Gasteiger partial charge in [0.05, 0.1) is 10.9 Å². The molecule has 1 N–H and O–H groups in total. The molecule has 1 unspecified atom stereocenters. The third kappa shape index (κ3) is 2.64. The van der Waals surface area contributed by atoms with Gasteiger partial charge in [0.2, 0.25) is 10.0 Å². The molecule has 2 aliphatic heterocycles. The molecule has 4 fully saturated rings. The van der Waals surface area contributed by atoms with E-state index in [1.54, 1.807) is 0 Å². The fourth-order valence-electron chi connectivity index (χ4n) is 4.07. The SMILES string of the molecule is O=S(=O)(NCCC1CCOC12CN(C1CCC1)C2)C1CC1. The average molecular weight is 314 g/mol. The lowest BCUT2D eigenvalue weighted by molar-refractivity contribution is -0.156. The summed E-state index contributed by atoms with van der Waals surface area (Å²) in [6.45, 7) is 3.56. The zero-order chi connectivity index (χ0) is 14.5. The number of nitrogens with one attached hydrogen (secondary N) is 1.